The van der Waals surface area contributed by atoms with Crippen molar-refractivity contribution in [1.82, 2.24) is 14.8 Å². The Bertz CT molecular complexity index is 802. The minimum Gasteiger partial charge on any atom is -0.497 e. The first-order valence-corrected chi connectivity index (χ1v) is 9.40. The van der Waals surface area contributed by atoms with Crippen molar-refractivity contribution >= 4 is 12.2 Å². The molecule has 4 aliphatic carbocycles. The Morgan fingerprint density at radius 2 is 1.83 bits per heavy atom. The van der Waals surface area contributed by atoms with Gasteiger partial charge in [0.15, 0.2) is 4.77 Å². The van der Waals surface area contributed by atoms with Crippen LogP contribution < -0.4 is 4.74 Å². The molecule has 4 nitrogen and oxygen atoms in total. The number of methoxy groups -OCH3 is 1. The highest BCUT2D eigenvalue weighted by molar-refractivity contribution is 7.71. The first kappa shape index (κ1) is 14.7. The summed E-state index contributed by atoms with van der Waals surface area (Å²) in [7, 11) is 1.70. The lowest BCUT2D eigenvalue weighted by Gasteiger charge is -2.56. The van der Waals surface area contributed by atoms with Crippen molar-refractivity contribution in [3.63, 3.8) is 0 Å². The van der Waals surface area contributed by atoms with E-state index in [0.29, 0.717) is 4.77 Å². The third-order valence-electron chi connectivity index (χ3n) is 6.50. The van der Waals surface area contributed by atoms with Crippen LogP contribution in [0.4, 0.5) is 0 Å². The molecule has 1 aromatic heterocycles. The van der Waals surface area contributed by atoms with Gasteiger partial charge in [0, 0.05) is 11.5 Å². The van der Waals surface area contributed by atoms with Crippen LogP contribution in [0.5, 0.6) is 5.75 Å². The van der Waals surface area contributed by atoms with E-state index in [1.807, 2.05) is 12.1 Å². The summed E-state index contributed by atoms with van der Waals surface area (Å²) < 4.78 is 8.25. The Kier molecular flexibility index (Phi) is 3.18. The van der Waals surface area contributed by atoms with Crippen LogP contribution in [-0.4, -0.2) is 21.9 Å². The molecule has 4 fully saturated rings. The van der Waals surface area contributed by atoms with E-state index in [0.717, 1.165) is 35.0 Å². The standard InChI is InChI=1S/C19H23N3OS/c1-23-16-4-2-3-15(8-16)22-17(20-21-18(22)24)19-9-12-5-13(10-19)7-14(6-12)11-19/h2-4,8,12-14H,5-7,9-11H2,1H3,(H,21,24). The fraction of sp³-hybridized carbons (Fsp3) is 0.579. The molecule has 24 heavy (non-hydrogen) atoms. The SMILES string of the molecule is COc1cccc(-n2c(C34CC5CC(CC(C5)C3)C4)n[nH]c2=S)c1. The van der Waals surface area contributed by atoms with Crippen LogP contribution in [0.1, 0.15) is 44.3 Å². The van der Waals surface area contributed by atoms with Crippen molar-refractivity contribution in [2.24, 2.45) is 17.8 Å². The average molecular weight is 341 g/mol. The van der Waals surface area contributed by atoms with Crippen LogP contribution >= 0.6 is 12.2 Å². The number of nitrogens with zero attached hydrogens (tertiary/aromatic N) is 2. The monoisotopic (exact) mass is 341 g/mol. The van der Waals surface area contributed by atoms with Crippen LogP contribution in [0, 0.1) is 22.5 Å². The Hall–Kier alpha value is -1.62. The number of aromatic amines is 1. The predicted molar refractivity (Wildman–Crippen MR) is 95.2 cm³/mol. The summed E-state index contributed by atoms with van der Waals surface area (Å²) in [6.07, 6.45) is 8.14. The quantitative estimate of drug-likeness (QED) is 0.841. The zero-order valence-electron chi connectivity index (χ0n) is 14.0. The molecule has 2 aromatic rings. The van der Waals surface area contributed by atoms with Crippen molar-refractivity contribution < 1.29 is 4.74 Å². The topological polar surface area (TPSA) is 42.8 Å². The molecule has 0 atom stereocenters. The lowest BCUT2D eigenvalue weighted by Crippen LogP contribution is -2.49. The summed E-state index contributed by atoms with van der Waals surface area (Å²) in [5, 5.41) is 7.82. The van der Waals surface area contributed by atoms with Gasteiger partial charge in [-0.1, -0.05) is 6.07 Å². The van der Waals surface area contributed by atoms with Crippen molar-refractivity contribution in [1.29, 1.82) is 0 Å². The number of benzene rings is 1. The molecule has 0 amide bonds. The minimum absolute atomic E-state index is 0.214. The highest BCUT2D eigenvalue weighted by Gasteiger charge is 2.53. The second-order valence-corrected chi connectivity index (χ2v) is 8.47. The predicted octanol–water partition coefficient (Wildman–Crippen LogP) is 4.41. The van der Waals surface area contributed by atoms with E-state index in [-0.39, 0.29) is 5.41 Å². The smallest absolute Gasteiger partial charge is 0.199 e. The maximum atomic E-state index is 5.59. The zero-order valence-corrected chi connectivity index (χ0v) is 14.8. The Morgan fingerprint density at radius 1 is 1.17 bits per heavy atom. The van der Waals surface area contributed by atoms with Gasteiger partial charge in [0.2, 0.25) is 0 Å². The minimum atomic E-state index is 0.214. The summed E-state index contributed by atoms with van der Waals surface area (Å²) in [6.45, 7) is 0. The number of ether oxygens (including phenoxy) is 1. The summed E-state index contributed by atoms with van der Waals surface area (Å²) in [6, 6.07) is 8.14. The van der Waals surface area contributed by atoms with Gasteiger partial charge in [0.25, 0.3) is 0 Å². The van der Waals surface area contributed by atoms with Gasteiger partial charge in [-0.2, -0.15) is 5.10 Å². The summed E-state index contributed by atoms with van der Waals surface area (Å²) in [5.41, 5.74) is 1.27. The number of hydrogen-bond donors (Lipinski definition) is 1. The lowest BCUT2D eigenvalue weighted by molar-refractivity contribution is -0.0102. The van der Waals surface area contributed by atoms with Gasteiger partial charge in [-0.05, 0) is 80.6 Å². The molecule has 0 saturated heterocycles. The van der Waals surface area contributed by atoms with Crippen LogP contribution in [0.25, 0.3) is 5.69 Å². The van der Waals surface area contributed by atoms with Crippen molar-refractivity contribution in [3.8, 4) is 11.4 Å². The molecular weight excluding hydrogens is 318 g/mol. The molecule has 1 heterocycles. The molecule has 4 bridgehead atoms. The Balaban J connectivity index is 1.64. The Morgan fingerprint density at radius 3 is 2.46 bits per heavy atom. The molecule has 4 saturated carbocycles. The second-order valence-electron chi connectivity index (χ2n) is 8.09. The van der Waals surface area contributed by atoms with Crippen molar-refractivity contribution in [2.45, 2.75) is 43.9 Å². The molecule has 5 heteroatoms. The van der Waals surface area contributed by atoms with Gasteiger partial charge in [-0.25, -0.2) is 0 Å². The first-order chi connectivity index (χ1) is 11.7. The van der Waals surface area contributed by atoms with E-state index in [4.69, 9.17) is 22.1 Å². The van der Waals surface area contributed by atoms with Crippen LogP contribution in [-0.2, 0) is 5.41 Å². The molecule has 1 aromatic carbocycles. The van der Waals surface area contributed by atoms with Gasteiger partial charge in [-0.3, -0.25) is 9.67 Å². The van der Waals surface area contributed by atoms with E-state index in [1.54, 1.807) is 7.11 Å². The maximum Gasteiger partial charge on any atom is 0.199 e. The highest BCUT2D eigenvalue weighted by atomic mass is 32.1. The van der Waals surface area contributed by atoms with E-state index in [1.165, 1.54) is 38.5 Å². The van der Waals surface area contributed by atoms with Gasteiger partial charge >= 0.3 is 0 Å². The summed E-state index contributed by atoms with van der Waals surface area (Å²) >= 11 is 5.59. The largest absolute Gasteiger partial charge is 0.497 e. The van der Waals surface area contributed by atoms with Gasteiger partial charge in [0.1, 0.15) is 11.6 Å². The Labute approximate surface area is 147 Å². The fourth-order valence-electron chi connectivity index (χ4n) is 6.03. The first-order valence-electron chi connectivity index (χ1n) is 8.99. The number of nitrogens with one attached hydrogen (secondary N) is 1. The maximum absolute atomic E-state index is 5.59. The van der Waals surface area contributed by atoms with E-state index in [2.05, 4.69) is 21.8 Å². The number of H-pyrrole nitrogens is 1. The number of rotatable bonds is 3. The fourth-order valence-corrected chi connectivity index (χ4v) is 6.26. The van der Waals surface area contributed by atoms with E-state index in [9.17, 15) is 0 Å². The molecule has 126 valence electrons. The van der Waals surface area contributed by atoms with E-state index < -0.39 is 0 Å². The third-order valence-corrected chi connectivity index (χ3v) is 6.77. The third kappa shape index (κ3) is 2.10. The molecule has 0 unspecified atom stereocenters. The molecular formula is C19H23N3OS. The van der Waals surface area contributed by atoms with Crippen molar-refractivity contribution in [2.75, 3.05) is 7.11 Å². The molecule has 6 rings (SSSR count). The van der Waals surface area contributed by atoms with Crippen LogP contribution in [0.3, 0.4) is 0 Å². The van der Waals surface area contributed by atoms with Gasteiger partial charge in [0.05, 0.1) is 12.8 Å². The van der Waals surface area contributed by atoms with Crippen LogP contribution in [0.2, 0.25) is 0 Å². The number of hydrogen-bond acceptors (Lipinski definition) is 3. The molecule has 4 aliphatic rings. The number of aromatic nitrogens is 3. The lowest BCUT2D eigenvalue weighted by atomic mass is 9.49. The molecule has 0 spiro atoms. The second kappa shape index (κ2) is 5.19. The average Bonchev–Trinajstić information content (AvgIpc) is 2.96. The van der Waals surface area contributed by atoms with Crippen molar-refractivity contribution in [3.05, 3.63) is 34.9 Å². The highest BCUT2D eigenvalue weighted by Crippen LogP contribution is 2.60. The van der Waals surface area contributed by atoms with Crippen LogP contribution in [0.15, 0.2) is 24.3 Å². The molecule has 1 N–H and O–H groups in total. The normalized spacial score (nSPS) is 33.8. The zero-order chi connectivity index (χ0) is 16.3. The summed E-state index contributed by atoms with van der Waals surface area (Å²) in [5.74, 6) is 4.67. The van der Waals surface area contributed by atoms with Gasteiger partial charge < -0.3 is 4.74 Å². The summed E-state index contributed by atoms with van der Waals surface area (Å²) in [4.78, 5) is 0. The van der Waals surface area contributed by atoms with E-state index >= 15 is 0 Å². The van der Waals surface area contributed by atoms with Gasteiger partial charge in [-0.15, -0.1) is 0 Å². The molecule has 0 radical (unpaired) electrons. The molecule has 0 aliphatic heterocycles.